The van der Waals surface area contributed by atoms with Crippen LogP contribution in [0, 0.1) is 0 Å². The number of hydrogen-bond acceptors (Lipinski definition) is 2. The van der Waals surface area contributed by atoms with E-state index in [2.05, 4.69) is 74.6 Å². The first-order valence-electron chi connectivity index (χ1n) is 7.71. The van der Waals surface area contributed by atoms with Gasteiger partial charge in [0.2, 0.25) is 0 Å². The number of piperazine rings is 1. The molecule has 3 heteroatoms. The summed E-state index contributed by atoms with van der Waals surface area (Å²) >= 11 is 0. The third kappa shape index (κ3) is 3.71. The Labute approximate surface area is 125 Å². The van der Waals surface area contributed by atoms with Gasteiger partial charge in [-0.25, -0.2) is 0 Å². The average molecular weight is 291 g/mol. The van der Waals surface area contributed by atoms with Crippen LogP contribution >= 0.6 is 0 Å². The van der Waals surface area contributed by atoms with Crippen LogP contribution in [0.1, 0.15) is 19.4 Å². The van der Waals surface area contributed by atoms with Crippen molar-refractivity contribution in [3.63, 3.8) is 0 Å². The van der Waals surface area contributed by atoms with Gasteiger partial charge in [0.15, 0.2) is 0 Å². The molecule has 1 aromatic carbocycles. The number of likely N-dealkylation sites (N-methyl/N-ethyl adjacent to an activating group) is 1. The van der Waals surface area contributed by atoms with Gasteiger partial charge in [0, 0.05) is 31.7 Å². The standard InChI is InChI=1S/C17H30N2Si/c1-17(2)14-19(12-11-18(17)3)13-15-7-9-16(10-8-15)20(4,5)6/h7-10H,11-14H2,1-6H3. The zero-order chi connectivity index (χ0) is 15.0. The lowest BCUT2D eigenvalue weighted by Gasteiger charge is -2.45. The van der Waals surface area contributed by atoms with Gasteiger partial charge in [-0.05, 0) is 26.5 Å². The molecule has 0 aromatic heterocycles. The molecule has 0 N–H and O–H groups in total. The van der Waals surface area contributed by atoms with E-state index in [-0.39, 0.29) is 5.54 Å². The molecule has 1 saturated heterocycles. The van der Waals surface area contributed by atoms with Crippen LogP contribution in [0.4, 0.5) is 0 Å². The van der Waals surface area contributed by atoms with Crippen LogP contribution in [0.2, 0.25) is 19.6 Å². The maximum atomic E-state index is 2.59. The first-order valence-corrected chi connectivity index (χ1v) is 11.2. The fourth-order valence-corrected chi connectivity index (χ4v) is 4.01. The first kappa shape index (κ1) is 15.7. The van der Waals surface area contributed by atoms with Crippen molar-refractivity contribution in [3.8, 4) is 0 Å². The molecule has 0 bridgehead atoms. The van der Waals surface area contributed by atoms with Crippen LogP contribution in [-0.4, -0.2) is 50.1 Å². The molecule has 0 saturated carbocycles. The van der Waals surface area contributed by atoms with E-state index in [1.807, 2.05) is 0 Å². The first-order chi connectivity index (χ1) is 9.18. The molecular formula is C17H30N2Si. The molecule has 0 radical (unpaired) electrons. The van der Waals surface area contributed by atoms with Crippen molar-refractivity contribution >= 4 is 13.3 Å². The molecule has 0 spiro atoms. The van der Waals surface area contributed by atoms with E-state index >= 15 is 0 Å². The predicted octanol–water partition coefficient (Wildman–Crippen LogP) is 2.76. The lowest BCUT2D eigenvalue weighted by molar-refractivity contribution is 0.0360. The van der Waals surface area contributed by atoms with Crippen molar-refractivity contribution in [3.05, 3.63) is 29.8 Å². The predicted molar refractivity (Wildman–Crippen MR) is 91.4 cm³/mol. The van der Waals surface area contributed by atoms with Crippen LogP contribution in [-0.2, 0) is 6.54 Å². The van der Waals surface area contributed by atoms with Gasteiger partial charge in [-0.1, -0.05) is 49.1 Å². The van der Waals surface area contributed by atoms with Crippen molar-refractivity contribution in [2.45, 2.75) is 45.6 Å². The quantitative estimate of drug-likeness (QED) is 0.790. The highest BCUT2D eigenvalue weighted by Gasteiger charge is 2.30. The summed E-state index contributed by atoms with van der Waals surface area (Å²) in [6.07, 6.45) is 0. The van der Waals surface area contributed by atoms with E-state index < -0.39 is 8.07 Å². The molecule has 0 aliphatic carbocycles. The van der Waals surface area contributed by atoms with Gasteiger partial charge in [0.25, 0.3) is 0 Å². The summed E-state index contributed by atoms with van der Waals surface area (Å²) in [7, 11) is 1.08. The van der Waals surface area contributed by atoms with Gasteiger partial charge in [0.05, 0.1) is 8.07 Å². The number of hydrogen-bond donors (Lipinski definition) is 0. The average Bonchev–Trinajstić information content (AvgIpc) is 2.33. The van der Waals surface area contributed by atoms with E-state index in [0.717, 1.165) is 13.1 Å². The molecule has 0 amide bonds. The molecule has 2 nitrogen and oxygen atoms in total. The molecular weight excluding hydrogens is 260 g/mol. The second-order valence-electron chi connectivity index (χ2n) is 7.89. The van der Waals surface area contributed by atoms with Crippen LogP contribution in [0.25, 0.3) is 0 Å². The lowest BCUT2D eigenvalue weighted by atomic mass is 9.99. The Morgan fingerprint density at radius 3 is 2.15 bits per heavy atom. The van der Waals surface area contributed by atoms with Crippen LogP contribution < -0.4 is 5.19 Å². The Hall–Kier alpha value is -0.643. The topological polar surface area (TPSA) is 6.48 Å². The van der Waals surface area contributed by atoms with Crippen LogP contribution in [0.3, 0.4) is 0 Å². The zero-order valence-corrected chi connectivity index (χ0v) is 15.0. The van der Waals surface area contributed by atoms with Crippen molar-refractivity contribution in [1.82, 2.24) is 9.80 Å². The molecule has 112 valence electrons. The van der Waals surface area contributed by atoms with Gasteiger partial charge < -0.3 is 0 Å². The highest BCUT2D eigenvalue weighted by atomic mass is 28.3. The smallest absolute Gasteiger partial charge is 0.0775 e. The highest BCUT2D eigenvalue weighted by molar-refractivity contribution is 6.88. The van der Waals surface area contributed by atoms with Crippen LogP contribution in [0.5, 0.6) is 0 Å². The summed E-state index contributed by atoms with van der Waals surface area (Å²) in [5, 5.41) is 1.56. The molecule has 0 atom stereocenters. The van der Waals surface area contributed by atoms with Gasteiger partial charge in [-0.3, -0.25) is 9.80 Å². The molecule has 2 rings (SSSR count). The minimum Gasteiger partial charge on any atom is -0.299 e. The molecule has 0 unspecified atom stereocenters. The van der Waals surface area contributed by atoms with E-state index in [9.17, 15) is 0 Å². The summed E-state index contributed by atoms with van der Waals surface area (Å²) in [4.78, 5) is 5.06. The summed E-state index contributed by atoms with van der Waals surface area (Å²) in [5.74, 6) is 0. The van der Waals surface area contributed by atoms with Crippen LogP contribution in [0.15, 0.2) is 24.3 Å². The third-order valence-corrected chi connectivity index (χ3v) is 6.69. The minimum atomic E-state index is -1.16. The molecule has 1 aromatic rings. The summed E-state index contributed by atoms with van der Waals surface area (Å²) < 4.78 is 0. The fraction of sp³-hybridized carbons (Fsp3) is 0.647. The van der Waals surface area contributed by atoms with Crippen molar-refractivity contribution in [1.29, 1.82) is 0 Å². The number of nitrogens with zero attached hydrogens (tertiary/aromatic N) is 2. The molecule has 20 heavy (non-hydrogen) atoms. The Morgan fingerprint density at radius 1 is 1.05 bits per heavy atom. The Morgan fingerprint density at radius 2 is 1.65 bits per heavy atom. The maximum Gasteiger partial charge on any atom is 0.0775 e. The van der Waals surface area contributed by atoms with E-state index in [1.54, 1.807) is 5.19 Å². The second-order valence-corrected chi connectivity index (χ2v) is 13.0. The second kappa shape index (κ2) is 5.62. The van der Waals surface area contributed by atoms with Gasteiger partial charge in [0.1, 0.15) is 0 Å². The monoisotopic (exact) mass is 290 g/mol. The van der Waals surface area contributed by atoms with Gasteiger partial charge in [-0.15, -0.1) is 0 Å². The zero-order valence-electron chi connectivity index (χ0n) is 14.0. The van der Waals surface area contributed by atoms with Crippen molar-refractivity contribution in [2.24, 2.45) is 0 Å². The van der Waals surface area contributed by atoms with E-state index in [1.165, 1.54) is 18.7 Å². The fourth-order valence-electron chi connectivity index (χ4n) is 2.84. The Bertz CT molecular complexity index is 445. The van der Waals surface area contributed by atoms with Gasteiger partial charge in [-0.2, -0.15) is 0 Å². The molecule has 1 fully saturated rings. The van der Waals surface area contributed by atoms with E-state index in [4.69, 9.17) is 0 Å². The van der Waals surface area contributed by atoms with Crippen molar-refractivity contribution in [2.75, 3.05) is 26.7 Å². The Kier molecular flexibility index (Phi) is 4.43. The SMILES string of the molecule is CN1CCN(Cc2ccc([Si](C)(C)C)cc2)CC1(C)C. The normalized spacial score (nSPS) is 21.1. The largest absolute Gasteiger partial charge is 0.299 e. The number of benzene rings is 1. The Balaban J connectivity index is 2.01. The number of rotatable bonds is 3. The summed E-state index contributed by atoms with van der Waals surface area (Å²) in [6, 6.07) is 9.36. The summed E-state index contributed by atoms with van der Waals surface area (Å²) in [6.45, 7) is 16.5. The third-order valence-electron chi connectivity index (χ3n) is 4.62. The maximum absolute atomic E-state index is 2.59. The van der Waals surface area contributed by atoms with Gasteiger partial charge >= 0.3 is 0 Å². The minimum absolute atomic E-state index is 0.288. The van der Waals surface area contributed by atoms with Crippen molar-refractivity contribution < 1.29 is 0 Å². The molecule has 1 aliphatic rings. The lowest BCUT2D eigenvalue weighted by Crippen LogP contribution is -2.57. The molecule has 1 heterocycles. The van der Waals surface area contributed by atoms with E-state index in [0.29, 0.717) is 0 Å². The molecule has 1 aliphatic heterocycles. The summed E-state index contributed by atoms with van der Waals surface area (Å²) in [5.41, 5.74) is 1.74. The highest BCUT2D eigenvalue weighted by Crippen LogP contribution is 2.20.